The number of para-hydroxylation sites is 2. The maximum atomic E-state index is 12.6. The molecule has 2 atom stereocenters. The zero-order chi connectivity index (χ0) is 20.0. The third kappa shape index (κ3) is 5.47. The lowest BCUT2D eigenvalue weighted by atomic mass is 10.1. The predicted octanol–water partition coefficient (Wildman–Crippen LogP) is 3.13. The van der Waals surface area contributed by atoms with Crippen LogP contribution in [0.5, 0.6) is 11.5 Å². The molecule has 2 aromatic carbocycles. The number of amides is 1. The van der Waals surface area contributed by atoms with Crippen molar-refractivity contribution in [1.29, 1.82) is 0 Å². The smallest absolute Gasteiger partial charge is 0.261 e. The minimum atomic E-state index is -3.25. The number of sulfone groups is 1. The van der Waals surface area contributed by atoms with E-state index in [0.29, 0.717) is 17.9 Å². The molecule has 2 rings (SSSR count). The first-order chi connectivity index (χ1) is 12.8. The van der Waals surface area contributed by atoms with E-state index in [9.17, 15) is 13.2 Å². The Kier molecular flexibility index (Phi) is 6.85. The highest BCUT2D eigenvalue weighted by molar-refractivity contribution is 7.90. The summed E-state index contributed by atoms with van der Waals surface area (Å²) in [5, 5.41) is 2.91. The van der Waals surface area contributed by atoms with E-state index in [1.165, 1.54) is 12.1 Å². The van der Waals surface area contributed by atoms with Gasteiger partial charge in [-0.1, -0.05) is 31.2 Å². The second kappa shape index (κ2) is 8.90. The van der Waals surface area contributed by atoms with Gasteiger partial charge in [-0.3, -0.25) is 4.79 Å². The zero-order valence-electron chi connectivity index (χ0n) is 15.9. The Bertz CT molecular complexity index is 878. The molecule has 0 unspecified atom stereocenters. The summed E-state index contributed by atoms with van der Waals surface area (Å²) in [5.41, 5.74) is 0.808. The number of carbonyl (C=O) groups is 1. The van der Waals surface area contributed by atoms with Gasteiger partial charge in [0.1, 0.15) is 0 Å². The molecule has 0 bridgehead atoms. The van der Waals surface area contributed by atoms with E-state index in [1.54, 1.807) is 31.4 Å². The Hall–Kier alpha value is -2.54. The van der Waals surface area contributed by atoms with E-state index >= 15 is 0 Å². The minimum Gasteiger partial charge on any atom is -0.493 e. The van der Waals surface area contributed by atoms with Crippen LogP contribution in [0.3, 0.4) is 0 Å². The molecule has 2 aromatic rings. The van der Waals surface area contributed by atoms with Crippen molar-refractivity contribution in [2.75, 3.05) is 13.4 Å². The molecule has 0 aliphatic heterocycles. The monoisotopic (exact) mass is 391 g/mol. The van der Waals surface area contributed by atoms with Crippen molar-refractivity contribution in [1.82, 2.24) is 5.32 Å². The van der Waals surface area contributed by atoms with Crippen molar-refractivity contribution in [3.63, 3.8) is 0 Å². The zero-order valence-corrected chi connectivity index (χ0v) is 16.7. The average Bonchev–Trinajstić information content (AvgIpc) is 2.65. The van der Waals surface area contributed by atoms with E-state index in [0.717, 1.165) is 11.8 Å². The van der Waals surface area contributed by atoms with E-state index in [-0.39, 0.29) is 16.8 Å². The van der Waals surface area contributed by atoms with Crippen molar-refractivity contribution in [3.05, 3.63) is 54.1 Å². The Morgan fingerprint density at radius 3 is 2.19 bits per heavy atom. The van der Waals surface area contributed by atoms with Crippen LogP contribution in [0.15, 0.2) is 53.4 Å². The molecule has 0 saturated carbocycles. The summed E-state index contributed by atoms with van der Waals surface area (Å²) in [4.78, 5) is 12.9. The Morgan fingerprint density at radius 1 is 1.07 bits per heavy atom. The Balaban J connectivity index is 2.07. The molecular weight excluding hydrogens is 366 g/mol. The van der Waals surface area contributed by atoms with Crippen molar-refractivity contribution < 1.29 is 22.7 Å². The van der Waals surface area contributed by atoms with E-state index in [2.05, 4.69) is 5.32 Å². The third-order valence-electron chi connectivity index (χ3n) is 4.17. The molecule has 1 N–H and O–H groups in total. The summed E-state index contributed by atoms with van der Waals surface area (Å²) < 4.78 is 34.2. The molecule has 6 nitrogen and oxygen atoms in total. The predicted molar refractivity (Wildman–Crippen MR) is 104 cm³/mol. The van der Waals surface area contributed by atoms with E-state index in [1.807, 2.05) is 26.0 Å². The number of methoxy groups -OCH3 is 1. The molecule has 7 heteroatoms. The first kappa shape index (κ1) is 20.8. The first-order valence-corrected chi connectivity index (χ1v) is 10.6. The Morgan fingerprint density at radius 2 is 1.67 bits per heavy atom. The van der Waals surface area contributed by atoms with Crippen LogP contribution < -0.4 is 14.8 Å². The van der Waals surface area contributed by atoms with Crippen molar-refractivity contribution >= 4 is 15.7 Å². The fourth-order valence-corrected chi connectivity index (χ4v) is 3.22. The van der Waals surface area contributed by atoms with Gasteiger partial charge in [-0.25, -0.2) is 8.42 Å². The van der Waals surface area contributed by atoms with Gasteiger partial charge < -0.3 is 14.8 Å². The summed E-state index contributed by atoms with van der Waals surface area (Å²) >= 11 is 0. The second-order valence-electron chi connectivity index (χ2n) is 6.24. The highest BCUT2D eigenvalue weighted by Crippen LogP contribution is 2.27. The van der Waals surface area contributed by atoms with Crippen LogP contribution in [0, 0.1) is 0 Å². The van der Waals surface area contributed by atoms with Gasteiger partial charge in [-0.05, 0) is 43.2 Å². The lowest BCUT2D eigenvalue weighted by Crippen LogP contribution is -2.39. The summed E-state index contributed by atoms with van der Waals surface area (Å²) in [6.07, 6.45) is 0.983. The van der Waals surface area contributed by atoms with Gasteiger partial charge in [-0.15, -0.1) is 0 Å². The summed E-state index contributed by atoms with van der Waals surface area (Å²) in [6, 6.07) is 13.3. The van der Waals surface area contributed by atoms with Gasteiger partial charge in [0.2, 0.25) is 0 Å². The van der Waals surface area contributed by atoms with Gasteiger partial charge >= 0.3 is 0 Å². The summed E-state index contributed by atoms with van der Waals surface area (Å²) in [6.45, 7) is 3.70. The van der Waals surface area contributed by atoms with Crippen LogP contribution in [0.1, 0.15) is 31.9 Å². The van der Waals surface area contributed by atoms with Crippen LogP contribution in [-0.2, 0) is 14.6 Å². The number of rotatable bonds is 8. The largest absolute Gasteiger partial charge is 0.493 e. The topological polar surface area (TPSA) is 81.7 Å². The average molecular weight is 391 g/mol. The maximum Gasteiger partial charge on any atom is 0.261 e. The van der Waals surface area contributed by atoms with Crippen LogP contribution in [0.2, 0.25) is 0 Å². The Labute approximate surface area is 160 Å². The molecule has 0 aliphatic rings. The number of benzene rings is 2. The quantitative estimate of drug-likeness (QED) is 0.748. The molecule has 0 radical (unpaired) electrons. The van der Waals surface area contributed by atoms with Crippen LogP contribution >= 0.6 is 0 Å². The van der Waals surface area contributed by atoms with Crippen LogP contribution in [0.4, 0.5) is 0 Å². The fourth-order valence-electron chi connectivity index (χ4n) is 2.59. The van der Waals surface area contributed by atoms with Gasteiger partial charge in [0.15, 0.2) is 27.4 Å². The van der Waals surface area contributed by atoms with Crippen molar-refractivity contribution in [2.24, 2.45) is 0 Å². The highest BCUT2D eigenvalue weighted by Gasteiger charge is 2.22. The van der Waals surface area contributed by atoms with Gasteiger partial charge in [0, 0.05) is 6.26 Å². The van der Waals surface area contributed by atoms with Gasteiger partial charge in [0.05, 0.1) is 18.0 Å². The molecule has 1 amide bonds. The van der Waals surface area contributed by atoms with E-state index < -0.39 is 15.9 Å². The number of nitrogens with one attached hydrogen (secondary N) is 1. The van der Waals surface area contributed by atoms with Crippen molar-refractivity contribution in [3.8, 4) is 11.5 Å². The standard InChI is InChI=1S/C20H25NO5S/c1-5-17(26-19-9-7-6-8-18(19)25-3)20(22)21-14(2)15-10-12-16(13-11-15)27(4,23)24/h6-14,17H,5H2,1-4H3,(H,21,22)/t14-,17-/m0/s1. The third-order valence-corrected chi connectivity index (χ3v) is 5.30. The second-order valence-corrected chi connectivity index (χ2v) is 8.25. The van der Waals surface area contributed by atoms with Crippen molar-refractivity contribution in [2.45, 2.75) is 37.3 Å². The SMILES string of the molecule is CC[C@H](Oc1ccccc1OC)C(=O)N[C@@H](C)c1ccc(S(C)(=O)=O)cc1. The maximum absolute atomic E-state index is 12.6. The number of ether oxygens (including phenoxy) is 2. The molecule has 0 fully saturated rings. The summed E-state index contributed by atoms with van der Waals surface area (Å²) in [7, 11) is -1.70. The molecule has 0 heterocycles. The number of hydrogen-bond acceptors (Lipinski definition) is 5. The number of carbonyl (C=O) groups excluding carboxylic acids is 1. The molecule has 27 heavy (non-hydrogen) atoms. The molecule has 0 aromatic heterocycles. The highest BCUT2D eigenvalue weighted by atomic mass is 32.2. The summed E-state index contributed by atoms with van der Waals surface area (Å²) in [5.74, 6) is 0.823. The molecule has 0 aliphatic carbocycles. The van der Waals surface area contributed by atoms with Crippen LogP contribution in [-0.4, -0.2) is 33.8 Å². The molecule has 0 saturated heterocycles. The van der Waals surface area contributed by atoms with E-state index in [4.69, 9.17) is 9.47 Å². The molecule has 0 spiro atoms. The molecule has 146 valence electrons. The normalized spacial score (nSPS) is 13.5. The fraction of sp³-hybridized carbons (Fsp3) is 0.350. The van der Waals surface area contributed by atoms with Crippen LogP contribution in [0.25, 0.3) is 0 Å². The lowest BCUT2D eigenvalue weighted by molar-refractivity contribution is -0.128. The lowest BCUT2D eigenvalue weighted by Gasteiger charge is -2.21. The van der Waals surface area contributed by atoms with Gasteiger partial charge in [-0.2, -0.15) is 0 Å². The van der Waals surface area contributed by atoms with Gasteiger partial charge in [0.25, 0.3) is 5.91 Å². The minimum absolute atomic E-state index is 0.246. The molecular formula is C20H25NO5S. The first-order valence-electron chi connectivity index (χ1n) is 8.66. The number of hydrogen-bond donors (Lipinski definition) is 1.